The molecule has 4 nitrogen and oxygen atoms in total. The highest BCUT2D eigenvalue weighted by Crippen LogP contribution is 2.18. The normalized spacial score (nSPS) is 21.0. The fourth-order valence-electron chi connectivity index (χ4n) is 2.07. The molecule has 104 valence electrons. The molecule has 1 heterocycles. The van der Waals surface area contributed by atoms with Gasteiger partial charge in [0.2, 0.25) is 5.91 Å². The zero-order chi connectivity index (χ0) is 13.8. The molecule has 6 heteroatoms. The summed E-state index contributed by atoms with van der Waals surface area (Å²) in [6.45, 7) is 0.595. The number of carbonyl (C=O) groups excluding carboxylic acids is 1. The first-order valence-electron chi connectivity index (χ1n) is 6.19. The van der Waals surface area contributed by atoms with Crippen molar-refractivity contribution in [2.75, 3.05) is 13.1 Å². The van der Waals surface area contributed by atoms with Crippen molar-refractivity contribution in [3.05, 3.63) is 35.4 Å². The van der Waals surface area contributed by atoms with Gasteiger partial charge in [0, 0.05) is 31.1 Å². The van der Waals surface area contributed by atoms with Crippen molar-refractivity contribution in [3.8, 4) is 0 Å². The summed E-state index contributed by atoms with van der Waals surface area (Å²) in [5.74, 6) is -1.21. The van der Waals surface area contributed by atoms with Crippen molar-refractivity contribution < 1.29 is 18.7 Å². The Hall–Kier alpha value is -1.53. The topological polar surface area (TPSA) is 61.4 Å². The quantitative estimate of drug-likeness (QED) is 0.760. The third-order valence-corrected chi connectivity index (χ3v) is 3.18. The average molecular weight is 270 g/mol. The third kappa shape index (κ3) is 3.71. The van der Waals surface area contributed by atoms with E-state index >= 15 is 0 Å². The van der Waals surface area contributed by atoms with Gasteiger partial charge in [-0.2, -0.15) is 0 Å². The molecule has 0 aromatic heterocycles. The number of aliphatic hydroxyl groups is 1. The SMILES string of the molecule is O=C1CCC(NCC(O)c2cc(F)ccc2F)CN1. The van der Waals surface area contributed by atoms with E-state index in [1.54, 1.807) is 0 Å². The average Bonchev–Trinajstić information content (AvgIpc) is 2.40. The van der Waals surface area contributed by atoms with Crippen molar-refractivity contribution in [3.63, 3.8) is 0 Å². The molecule has 2 rings (SSSR count). The van der Waals surface area contributed by atoms with Gasteiger partial charge in [-0.3, -0.25) is 4.79 Å². The number of benzene rings is 1. The highest BCUT2D eigenvalue weighted by molar-refractivity contribution is 5.76. The molecule has 1 fully saturated rings. The molecule has 0 radical (unpaired) electrons. The van der Waals surface area contributed by atoms with E-state index in [9.17, 15) is 18.7 Å². The minimum atomic E-state index is -1.12. The second-order valence-electron chi connectivity index (χ2n) is 4.63. The highest BCUT2D eigenvalue weighted by Gasteiger charge is 2.20. The van der Waals surface area contributed by atoms with Gasteiger partial charge in [0.1, 0.15) is 11.6 Å². The van der Waals surface area contributed by atoms with Gasteiger partial charge in [-0.25, -0.2) is 8.78 Å². The molecule has 3 N–H and O–H groups in total. The molecule has 1 aromatic carbocycles. The molecule has 2 atom stereocenters. The van der Waals surface area contributed by atoms with Crippen molar-refractivity contribution in [2.24, 2.45) is 0 Å². The fraction of sp³-hybridized carbons (Fsp3) is 0.462. The summed E-state index contributed by atoms with van der Waals surface area (Å²) in [7, 11) is 0. The van der Waals surface area contributed by atoms with Gasteiger partial charge in [-0.05, 0) is 24.6 Å². The van der Waals surface area contributed by atoms with Crippen molar-refractivity contribution in [1.82, 2.24) is 10.6 Å². The number of nitrogens with one attached hydrogen (secondary N) is 2. The van der Waals surface area contributed by atoms with Gasteiger partial charge in [0.05, 0.1) is 6.10 Å². The first-order chi connectivity index (χ1) is 9.06. The zero-order valence-electron chi connectivity index (χ0n) is 10.3. The second kappa shape index (κ2) is 6.08. The van der Waals surface area contributed by atoms with Crippen LogP contribution in [0.15, 0.2) is 18.2 Å². The minimum Gasteiger partial charge on any atom is -0.387 e. The highest BCUT2D eigenvalue weighted by atomic mass is 19.1. The Kier molecular flexibility index (Phi) is 4.44. The number of hydrogen-bond donors (Lipinski definition) is 3. The van der Waals surface area contributed by atoms with Gasteiger partial charge in [-0.1, -0.05) is 0 Å². The summed E-state index contributed by atoms with van der Waals surface area (Å²) in [4.78, 5) is 11.0. The molecular weight excluding hydrogens is 254 g/mol. The van der Waals surface area contributed by atoms with Gasteiger partial charge >= 0.3 is 0 Å². The molecule has 1 aromatic rings. The Morgan fingerprint density at radius 1 is 1.47 bits per heavy atom. The van der Waals surface area contributed by atoms with E-state index in [4.69, 9.17) is 0 Å². The van der Waals surface area contributed by atoms with E-state index in [0.29, 0.717) is 19.4 Å². The second-order valence-corrected chi connectivity index (χ2v) is 4.63. The third-order valence-electron chi connectivity index (χ3n) is 3.18. The van der Waals surface area contributed by atoms with Crippen LogP contribution in [-0.2, 0) is 4.79 Å². The number of piperidine rings is 1. The molecule has 19 heavy (non-hydrogen) atoms. The predicted molar refractivity (Wildman–Crippen MR) is 65.4 cm³/mol. The van der Waals surface area contributed by atoms with Crippen molar-refractivity contribution in [1.29, 1.82) is 0 Å². The van der Waals surface area contributed by atoms with E-state index in [2.05, 4.69) is 10.6 Å². The Labute approximate surface area is 109 Å². The van der Waals surface area contributed by atoms with Crippen LogP contribution in [0.5, 0.6) is 0 Å². The smallest absolute Gasteiger partial charge is 0.220 e. The maximum absolute atomic E-state index is 13.4. The first-order valence-corrected chi connectivity index (χ1v) is 6.19. The van der Waals surface area contributed by atoms with E-state index < -0.39 is 17.7 Å². The van der Waals surface area contributed by atoms with E-state index in [1.807, 2.05) is 0 Å². The largest absolute Gasteiger partial charge is 0.387 e. The summed E-state index contributed by atoms with van der Waals surface area (Å²) < 4.78 is 26.4. The first kappa shape index (κ1) is 13.9. The lowest BCUT2D eigenvalue weighted by Crippen LogP contribution is -2.46. The lowest BCUT2D eigenvalue weighted by molar-refractivity contribution is -0.122. The zero-order valence-corrected chi connectivity index (χ0v) is 10.3. The van der Waals surface area contributed by atoms with Crippen LogP contribution in [0.2, 0.25) is 0 Å². The minimum absolute atomic E-state index is 0.00905. The Bertz CT molecular complexity index is 458. The Balaban J connectivity index is 1.88. The molecule has 1 aliphatic rings. The summed E-state index contributed by atoms with van der Waals surface area (Å²) in [6.07, 6.45) is -0.0138. The molecule has 0 aliphatic carbocycles. The Morgan fingerprint density at radius 3 is 2.95 bits per heavy atom. The van der Waals surface area contributed by atoms with Gasteiger partial charge < -0.3 is 15.7 Å². The summed E-state index contributed by atoms with van der Waals surface area (Å²) in [5, 5.41) is 15.6. The molecule has 0 bridgehead atoms. The van der Waals surface area contributed by atoms with Gasteiger partial charge in [0.15, 0.2) is 0 Å². The number of amides is 1. The maximum Gasteiger partial charge on any atom is 0.220 e. The summed E-state index contributed by atoms with van der Waals surface area (Å²) >= 11 is 0. The van der Waals surface area contributed by atoms with Crippen molar-refractivity contribution in [2.45, 2.75) is 25.0 Å². The number of rotatable bonds is 4. The number of carbonyl (C=O) groups is 1. The fourth-order valence-corrected chi connectivity index (χ4v) is 2.07. The van der Waals surface area contributed by atoms with Crippen LogP contribution in [0.3, 0.4) is 0 Å². The lowest BCUT2D eigenvalue weighted by atomic mass is 10.1. The molecule has 0 spiro atoms. The van der Waals surface area contributed by atoms with Crippen LogP contribution in [0, 0.1) is 11.6 Å². The number of hydrogen-bond acceptors (Lipinski definition) is 3. The lowest BCUT2D eigenvalue weighted by Gasteiger charge is -2.25. The molecule has 1 amide bonds. The van der Waals surface area contributed by atoms with Crippen LogP contribution in [0.1, 0.15) is 24.5 Å². The molecule has 1 saturated heterocycles. The van der Waals surface area contributed by atoms with E-state index in [1.165, 1.54) is 0 Å². The van der Waals surface area contributed by atoms with Gasteiger partial charge in [-0.15, -0.1) is 0 Å². The van der Waals surface area contributed by atoms with Crippen LogP contribution >= 0.6 is 0 Å². The van der Waals surface area contributed by atoms with Gasteiger partial charge in [0.25, 0.3) is 0 Å². The van der Waals surface area contributed by atoms with E-state index in [-0.39, 0.29) is 24.1 Å². The summed E-state index contributed by atoms with van der Waals surface area (Å²) in [5.41, 5.74) is -0.0626. The number of aliphatic hydroxyl groups excluding tert-OH is 1. The summed E-state index contributed by atoms with van der Waals surface area (Å²) in [6, 6.07) is 3.04. The Morgan fingerprint density at radius 2 is 2.26 bits per heavy atom. The van der Waals surface area contributed by atoms with Crippen molar-refractivity contribution >= 4 is 5.91 Å². The standard InChI is InChI=1S/C13H16F2N2O2/c14-8-1-3-11(15)10(5-8)12(18)7-16-9-2-4-13(19)17-6-9/h1,3,5,9,12,16,18H,2,4,6-7H2,(H,17,19). The van der Waals surface area contributed by atoms with Crippen LogP contribution in [-0.4, -0.2) is 30.1 Å². The predicted octanol–water partition coefficient (Wildman–Crippen LogP) is 0.866. The molecular formula is C13H16F2N2O2. The number of halogens is 2. The maximum atomic E-state index is 13.4. The van der Waals surface area contributed by atoms with Crippen LogP contribution in [0.4, 0.5) is 8.78 Å². The van der Waals surface area contributed by atoms with Crippen LogP contribution < -0.4 is 10.6 Å². The molecule has 0 saturated carbocycles. The monoisotopic (exact) mass is 270 g/mol. The molecule has 2 unspecified atom stereocenters. The van der Waals surface area contributed by atoms with E-state index in [0.717, 1.165) is 18.2 Å². The molecule has 1 aliphatic heterocycles. The van der Waals surface area contributed by atoms with Crippen LogP contribution in [0.25, 0.3) is 0 Å².